The quantitative estimate of drug-likeness (QED) is 0.797. The maximum absolute atomic E-state index is 11.6. The van der Waals surface area contributed by atoms with Gasteiger partial charge in [-0.25, -0.2) is 0 Å². The Morgan fingerprint density at radius 1 is 1.16 bits per heavy atom. The molecule has 1 amide bonds. The van der Waals surface area contributed by atoms with Crippen molar-refractivity contribution in [2.45, 2.75) is 75.5 Å². The number of ether oxygens (including phenoxy) is 1. The Morgan fingerprint density at radius 3 is 2.68 bits per heavy atom. The fourth-order valence-electron chi connectivity index (χ4n) is 3.49. The summed E-state index contributed by atoms with van der Waals surface area (Å²) in [7, 11) is 0. The summed E-state index contributed by atoms with van der Waals surface area (Å²) in [5.41, 5.74) is 0.173. The van der Waals surface area contributed by atoms with Gasteiger partial charge < -0.3 is 15.4 Å². The highest BCUT2D eigenvalue weighted by atomic mass is 16.5. The van der Waals surface area contributed by atoms with Crippen LogP contribution in [0.3, 0.4) is 0 Å². The van der Waals surface area contributed by atoms with Crippen molar-refractivity contribution in [3.05, 3.63) is 0 Å². The molecule has 1 atom stereocenters. The van der Waals surface area contributed by atoms with Crippen molar-refractivity contribution in [1.29, 1.82) is 0 Å². The summed E-state index contributed by atoms with van der Waals surface area (Å²) in [6.45, 7) is 1.69. The minimum absolute atomic E-state index is 0.173. The smallest absolute Gasteiger partial charge is 0.221 e. The van der Waals surface area contributed by atoms with Crippen LogP contribution >= 0.6 is 0 Å². The normalized spacial score (nSPS) is 29.6. The van der Waals surface area contributed by atoms with Crippen LogP contribution in [0.25, 0.3) is 0 Å². The molecule has 2 aliphatic carbocycles. The standard InChI is InChI=1S/C15H26N2O2/c18-14(17-12-3-4-12)5-9-16-13-6-10-19-15(11-13)7-1-2-8-15/h12-13,16H,1-11H2,(H,17,18). The lowest BCUT2D eigenvalue weighted by atomic mass is 9.89. The van der Waals surface area contributed by atoms with E-state index >= 15 is 0 Å². The molecule has 0 bridgehead atoms. The second-order valence-corrected chi connectivity index (χ2v) is 6.47. The molecular formula is C15H26N2O2. The summed E-state index contributed by atoms with van der Waals surface area (Å²) in [5, 5.41) is 6.59. The zero-order valence-electron chi connectivity index (χ0n) is 11.7. The van der Waals surface area contributed by atoms with Crippen molar-refractivity contribution in [2.75, 3.05) is 13.2 Å². The summed E-state index contributed by atoms with van der Waals surface area (Å²) < 4.78 is 6.03. The molecule has 1 saturated heterocycles. The average molecular weight is 266 g/mol. The largest absolute Gasteiger partial charge is 0.375 e. The van der Waals surface area contributed by atoms with Crippen LogP contribution in [0, 0.1) is 0 Å². The van der Waals surface area contributed by atoms with Gasteiger partial charge in [-0.3, -0.25) is 4.79 Å². The number of carbonyl (C=O) groups excluding carboxylic acids is 1. The molecule has 0 radical (unpaired) electrons. The van der Waals surface area contributed by atoms with Gasteiger partial charge >= 0.3 is 0 Å². The second kappa shape index (κ2) is 5.80. The van der Waals surface area contributed by atoms with E-state index in [9.17, 15) is 4.79 Å². The lowest BCUT2D eigenvalue weighted by Crippen LogP contribution is -2.46. The third kappa shape index (κ3) is 3.69. The minimum Gasteiger partial charge on any atom is -0.375 e. The second-order valence-electron chi connectivity index (χ2n) is 6.47. The summed E-state index contributed by atoms with van der Waals surface area (Å²) in [6, 6.07) is 1.03. The molecule has 4 heteroatoms. The molecule has 3 rings (SSSR count). The highest BCUT2D eigenvalue weighted by molar-refractivity contribution is 5.76. The molecule has 1 unspecified atom stereocenters. The summed E-state index contributed by atoms with van der Waals surface area (Å²) in [6.07, 6.45) is 10.3. The van der Waals surface area contributed by atoms with Gasteiger partial charge in [-0.2, -0.15) is 0 Å². The first-order valence-corrected chi connectivity index (χ1v) is 7.93. The molecule has 0 aromatic heterocycles. The molecule has 108 valence electrons. The van der Waals surface area contributed by atoms with E-state index in [-0.39, 0.29) is 11.5 Å². The summed E-state index contributed by atoms with van der Waals surface area (Å²) in [4.78, 5) is 11.6. The molecule has 1 aliphatic heterocycles. The van der Waals surface area contributed by atoms with Gasteiger partial charge in [-0.1, -0.05) is 12.8 Å². The summed E-state index contributed by atoms with van der Waals surface area (Å²) in [5.74, 6) is 0.206. The van der Waals surface area contributed by atoms with Crippen LogP contribution in [0.5, 0.6) is 0 Å². The first-order valence-electron chi connectivity index (χ1n) is 7.93. The zero-order chi connectivity index (χ0) is 13.1. The average Bonchev–Trinajstić information content (AvgIpc) is 3.09. The lowest BCUT2D eigenvalue weighted by Gasteiger charge is -2.38. The maximum atomic E-state index is 11.6. The molecule has 3 aliphatic rings. The van der Waals surface area contributed by atoms with E-state index in [1.165, 1.54) is 38.5 Å². The molecule has 2 saturated carbocycles. The van der Waals surface area contributed by atoms with E-state index in [1.807, 2.05) is 0 Å². The van der Waals surface area contributed by atoms with E-state index in [4.69, 9.17) is 4.74 Å². The third-order valence-corrected chi connectivity index (χ3v) is 4.74. The van der Waals surface area contributed by atoms with Crippen molar-refractivity contribution in [1.82, 2.24) is 10.6 Å². The molecule has 2 N–H and O–H groups in total. The van der Waals surface area contributed by atoms with Crippen LogP contribution in [-0.4, -0.2) is 36.7 Å². The Balaban J connectivity index is 1.36. The molecule has 1 spiro atoms. The van der Waals surface area contributed by atoms with Crippen molar-refractivity contribution >= 4 is 5.91 Å². The number of carbonyl (C=O) groups is 1. The molecule has 0 aromatic carbocycles. The van der Waals surface area contributed by atoms with E-state index in [2.05, 4.69) is 10.6 Å². The number of rotatable bonds is 5. The molecular weight excluding hydrogens is 240 g/mol. The van der Waals surface area contributed by atoms with Crippen molar-refractivity contribution in [3.8, 4) is 0 Å². The Bertz CT molecular complexity index is 322. The number of hydrogen-bond donors (Lipinski definition) is 2. The Kier molecular flexibility index (Phi) is 4.08. The van der Waals surface area contributed by atoms with Crippen LogP contribution < -0.4 is 10.6 Å². The highest BCUT2D eigenvalue weighted by Crippen LogP contribution is 2.39. The number of hydrogen-bond acceptors (Lipinski definition) is 3. The van der Waals surface area contributed by atoms with E-state index in [0.717, 1.165) is 26.0 Å². The predicted octanol–water partition coefficient (Wildman–Crippen LogP) is 1.74. The SMILES string of the molecule is O=C(CCNC1CCOC2(CCCC2)C1)NC1CC1. The Labute approximate surface area is 115 Å². The number of nitrogens with one attached hydrogen (secondary N) is 2. The third-order valence-electron chi connectivity index (χ3n) is 4.74. The van der Waals surface area contributed by atoms with Crippen LogP contribution in [-0.2, 0) is 9.53 Å². The first kappa shape index (κ1) is 13.4. The fraction of sp³-hybridized carbons (Fsp3) is 0.933. The van der Waals surface area contributed by atoms with Gasteiger partial charge in [-0.05, 0) is 38.5 Å². The van der Waals surface area contributed by atoms with Gasteiger partial charge in [0, 0.05) is 31.7 Å². The topological polar surface area (TPSA) is 50.4 Å². The molecule has 4 nitrogen and oxygen atoms in total. The fourth-order valence-corrected chi connectivity index (χ4v) is 3.49. The van der Waals surface area contributed by atoms with Crippen molar-refractivity contribution < 1.29 is 9.53 Å². The first-order chi connectivity index (χ1) is 9.26. The van der Waals surface area contributed by atoms with Gasteiger partial charge in [0.05, 0.1) is 5.60 Å². The van der Waals surface area contributed by atoms with Gasteiger partial charge in [-0.15, -0.1) is 0 Å². The van der Waals surface area contributed by atoms with E-state index in [1.54, 1.807) is 0 Å². The van der Waals surface area contributed by atoms with Crippen LogP contribution in [0.15, 0.2) is 0 Å². The van der Waals surface area contributed by atoms with E-state index < -0.39 is 0 Å². The van der Waals surface area contributed by atoms with Gasteiger partial charge in [0.2, 0.25) is 5.91 Å². The molecule has 3 fully saturated rings. The van der Waals surface area contributed by atoms with Crippen molar-refractivity contribution in [2.24, 2.45) is 0 Å². The lowest BCUT2D eigenvalue weighted by molar-refractivity contribution is -0.121. The predicted molar refractivity (Wildman–Crippen MR) is 74.0 cm³/mol. The van der Waals surface area contributed by atoms with Gasteiger partial charge in [0.15, 0.2) is 0 Å². The van der Waals surface area contributed by atoms with Crippen LogP contribution in [0.2, 0.25) is 0 Å². The Morgan fingerprint density at radius 2 is 1.95 bits per heavy atom. The monoisotopic (exact) mass is 266 g/mol. The zero-order valence-corrected chi connectivity index (χ0v) is 11.7. The van der Waals surface area contributed by atoms with E-state index in [0.29, 0.717) is 18.5 Å². The maximum Gasteiger partial charge on any atom is 0.221 e. The minimum atomic E-state index is 0.173. The Hall–Kier alpha value is -0.610. The highest BCUT2D eigenvalue weighted by Gasteiger charge is 2.39. The van der Waals surface area contributed by atoms with Crippen molar-refractivity contribution in [3.63, 3.8) is 0 Å². The van der Waals surface area contributed by atoms with Gasteiger partial charge in [0.25, 0.3) is 0 Å². The molecule has 19 heavy (non-hydrogen) atoms. The summed E-state index contributed by atoms with van der Waals surface area (Å²) >= 11 is 0. The molecule has 0 aromatic rings. The number of amides is 1. The molecule has 1 heterocycles. The van der Waals surface area contributed by atoms with Crippen LogP contribution in [0.4, 0.5) is 0 Å². The van der Waals surface area contributed by atoms with Gasteiger partial charge in [0.1, 0.15) is 0 Å². The van der Waals surface area contributed by atoms with Crippen LogP contribution in [0.1, 0.15) is 57.8 Å².